The van der Waals surface area contributed by atoms with Crippen LogP contribution in [0.4, 0.5) is 11.8 Å². The predicted octanol–water partition coefficient (Wildman–Crippen LogP) is 1.96. The summed E-state index contributed by atoms with van der Waals surface area (Å²) in [6, 6.07) is 4.12. The average molecular weight is 450 g/mol. The third kappa shape index (κ3) is 5.32. The molecule has 0 amide bonds. The van der Waals surface area contributed by atoms with E-state index in [2.05, 4.69) is 43.2 Å². The minimum atomic E-state index is 0.771. The zero-order chi connectivity index (χ0) is 22.5. The van der Waals surface area contributed by atoms with Gasteiger partial charge in [-0.1, -0.05) is 11.8 Å². The Hall–Kier alpha value is -2.60. The van der Waals surface area contributed by atoms with Crippen molar-refractivity contribution in [1.29, 1.82) is 0 Å². The summed E-state index contributed by atoms with van der Waals surface area (Å²) in [5, 5.41) is 7.99. The molecular weight excluding hydrogens is 414 g/mol. The van der Waals surface area contributed by atoms with E-state index in [1.54, 1.807) is 7.11 Å². The number of likely N-dealkylation sites (tertiary alicyclic amines) is 1. The van der Waals surface area contributed by atoms with Crippen LogP contribution in [0.5, 0.6) is 5.75 Å². The smallest absolute Gasteiger partial charge is 0.227 e. The molecule has 0 bridgehead atoms. The third-order valence-corrected chi connectivity index (χ3v) is 6.80. The van der Waals surface area contributed by atoms with Crippen LogP contribution in [-0.2, 0) is 0 Å². The molecule has 8 heteroatoms. The second-order valence-corrected chi connectivity index (χ2v) is 9.12. The van der Waals surface area contributed by atoms with Gasteiger partial charge in [0.2, 0.25) is 5.95 Å². The Morgan fingerprint density at radius 2 is 1.73 bits per heavy atom. The van der Waals surface area contributed by atoms with Gasteiger partial charge in [-0.15, -0.1) is 0 Å². The molecule has 3 fully saturated rings. The number of fused-ring (bicyclic) bond motifs is 1. The summed E-state index contributed by atoms with van der Waals surface area (Å²) < 4.78 is 5.73. The first-order chi connectivity index (χ1) is 16.3. The zero-order valence-electron chi connectivity index (χ0n) is 19.7. The lowest BCUT2D eigenvalue weighted by Gasteiger charge is -2.28. The molecule has 1 aromatic heterocycles. The maximum absolute atomic E-state index is 5.73. The van der Waals surface area contributed by atoms with E-state index in [9.17, 15) is 0 Å². The van der Waals surface area contributed by atoms with Gasteiger partial charge in [0.25, 0.3) is 0 Å². The Labute approximate surface area is 196 Å². The van der Waals surface area contributed by atoms with Gasteiger partial charge in [-0.3, -0.25) is 9.80 Å². The first-order valence-corrected chi connectivity index (χ1v) is 12.3. The number of hydrogen-bond donors (Lipinski definition) is 2. The van der Waals surface area contributed by atoms with Crippen molar-refractivity contribution >= 4 is 22.7 Å². The van der Waals surface area contributed by atoms with Crippen LogP contribution in [0, 0.1) is 11.8 Å². The summed E-state index contributed by atoms with van der Waals surface area (Å²) in [5.74, 6) is 9.16. The summed E-state index contributed by atoms with van der Waals surface area (Å²) in [4.78, 5) is 17.0. The van der Waals surface area contributed by atoms with Gasteiger partial charge in [0.15, 0.2) is 0 Å². The topological polar surface area (TPSA) is 68.8 Å². The summed E-state index contributed by atoms with van der Waals surface area (Å²) in [5.41, 5.74) is 1.81. The van der Waals surface area contributed by atoms with Gasteiger partial charge in [0, 0.05) is 44.7 Å². The van der Waals surface area contributed by atoms with Crippen molar-refractivity contribution in [2.24, 2.45) is 0 Å². The molecule has 3 aliphatic heterocycles. The molecule has 0 radical (unpaired) electrons. The number of anilines is 2. The minimum Gasteiger partial charge on any atom is -0.495 e. The highest BCUT2D eigenvalue weighted by molar-refractivity contribution is 5.92. The Balaban J connectivity index is 1.46. The van der Waals surface area contributed by atoms with Crippen LogP contribution < -0.4 is 20.3 Å². The largest absolute Gasteiger partial charge is 0.495 e. The van der Waals surface area contributed by atoms with Gasteiger partial charge >= 0.3 is 0 Å². The van der Waals surface area contributed by atoms with Crippen molar-refractivity contribution in [3.05, 3.63) is 17.7 Å². The van der Waals surface area contributed by atoms with E-state index in [1.807, 2.05) is 6.07 Å². The van der Waals surface area contributed by atoms with Crippen LogP contribution in [-0.4, -0.2) is 92.4 Å². The quantitative estimate of drug-likeness (QED) is 0.649. The fourth-order valence-corrected chi connectivity index (χ4v) is 4.85. The molecule has 8 nitrogen and oxygen atoms in total. The van der Waals surface area contributed by atoms with Crippen molar-refractivity contribution in [3.8, 4) is 17.6 Å². The molecule has 0 spiro atoms. The number of piperazine rings is 1. The van der Waals surface area contributed by atoms with Crippen LogP contribution in [0.1, 0.15) is 31.2 Å². The van der Waals surface area contributed by atoms with Gasteiger partial charge in [-0.25, -0.2) is 4.98 Å². The number of aromatic nitrogens is 2. The summed E-state index contributed by atoms with van der Waals surface area (Å²) >= 11 is 0. The predicted molar refractivity (Wildman–Crippen MR) is 133 cm³/mol. The lowest BCUT2D eigenvalue weighted by atomic mass is 10.1. The van der Waals surface area contributed by atoms with E-state index in [0.29, 0.717) is 0 Å². The van der Waals surface area contributed by atoms with Crippen molar-refractivity contribution in [2.45, 2.75) is 25.7 Å². The Kier molecular flexibility index (Phi) is 7.10. The maximum atomic E-state index is 5.73. The summed E-state index contributed by atoms with van der Waals surface area (Å²) in [6.45, 7) is 10.0. The van der Waals surface area contributed by atoms with E-state index >= 15 is 0 Å². The number of ether oxygens (including phenoxy) is 1. The van der Waals surface area contributed by atoms with Gasteiger partial charge in [-0.05, 0) is 50.9 Å². The van der Waals surface area contributed by atoms with E-state index in [0.717, 1.165) is 99.6 Å². The van der Waals surface area contributed by atoms with Crippen molar-refractivity contribution in [2.75, 3.05) is 82.9 Å². The standard InChI is InChI=1S/C25H35N7O/c1-33-23-18-21-22(17-20(23)7-6-12-30-10-2-3-11-30)28-25(32-13-4-5-14-32)29-24(21)27-19-31-15-8-26-9-16-31/h17-18,26H,2-5,8-16,19H2,1H3,(H,27,28,29). The van der Waals surface area contributed by atoms with Crippen molar-refractivity contribution in [1.82, 2.24) is 25.1 Å². The first kappa shape index (κ1) is 22.2. The normalized spacial score (nSPS) is 19.6. The number of hydrogen-bond acceptors (Lipinski definition) is 8. The van der Waals surface area contributed by atoms with E-state index in [-0.39, 0.29) is 0 Å². The SMILES string of the molecule is COc1cc2c(NCN3CCNCC3)nc(N3CCCC3)nc2cc1C#CCN1CCCC1. The molecule has 2 N–H and O–H groups in total. The van der Waals surface area contributed by atoms with Crippen molar-refractivity contribution in [3.63, 3.8) is 0 Å². The molecule has 2 aromatic rings. The monoisotopic (exact) mass is 449 g/mol. The van der Waals surface area contributed by atoms with Gasteiger partial charge in [0.1, 0.15) is 11.6 Å². The lowest BCUT2D eigenvalue weighted by molar-refractivity contribution is 0.256. The summed E-state index contributed by atoms with van der Waals surface area (Å²) in [7, 11) is 1.71. The third-order valence-electron chi connectivity index (χ3n) is 6.80. The number of rotatable bonds is 6. The van der Waals surface area contributed by atoms with Crippen LogP contribution in [0.2, 0.25) is 0 Å². The minimum absolute atomic E-state index is 0.771. The first-order valence-electron chi connectivity index (χ1n) is 12.3. The van der Waals surface area contributed by atoms with Crippen molar-refractivity contribution < 1.29 is 4.74 Å². The number of nitrogens with one attached hydrogen (secondary N) is 2. The van der Waals surface area contributed by atoms with Crippen LogP contribution >= 0.6 is 0 Å². The number of nitrogens with zero attached hydrogens (tertiary/aromatic N) is 5. The van der Waals surface area contributed by atoms with Crippen LogP contribution in [0.3, 0.4) is 0 Å². The highest BCUT2D eigenvalue weighted by atomic mass is 16.5. The highest BCUT2D eigenvalue weighted by Crippen LogP contribution is 2.31. The molecule has 3 aliphatic rings. The second-order valence-electron chi connectivity index (χ2n) is 9.12. The summed E-state index contributed by atoms with van der Waals surface area (Å²) in [6.07, 6.45) is 4.95. The van der Waals surface area contributed by atoms with E-state index < -0.39 is 0 Å². The van der Waals surface area contributed by atoms with Gasteiger partial charge < -0.3 is 20.3 Å². The Bertz CT molecular complexity index is 1010. The molecule has 0 atom stereocenters. The fourth-order valence-electron chi connectivity index (χ4n) is 4.85. The lowest BCUT2D eigenvalue weighted by Crippen LogP contribution is -2.45. The van der Waals surface area contributed by atoms with Crippen LogP contribution in [0.25, 0.3) is 10.9 Å². The molecule has 0 saturated carbocycles. The molecule has 1 aromatic carbocycles. The van der Waals surface area contributed by atoms with E-state index in [4.69, 9.17) is 14.7 Å². The number of benzene rings is 1. The van der Waals surface area contributed by atoms with Gasteiger partial charge in [0.05, 0.1) is 31.4 Å². The molecule has 176 valence electrons. The number of methoxy groups -OCH3 is 1. The zero-order valence-corrected chi connectivity index (χ0v) is 19.7. The van der Waals surface area contributed by atoms with Crippen LogP contribution in [0.15, 0.2) is 12.1 Å². The molecule has 33 heavy (non-hydrogen) atoms. The van der Waals surface area contributed by atoms with Gasteiger partial charge in [-0.2, -0.15) is 4.98 Å². The molecule has 0 aliphatic carbocycles. The fraction of sp³-hybridized carbons (Fsp3) is 0.600. The molecular formula is C25H35N7O. The molecule has 0 unspecified atom stereocenters. The van der Waals surface area contributed by atoms with E-state index in [1.165, 1.54) is 25.7 Å². The highest BCUT2D eigenvalue weighted by Gasteiger charge is 2.19. The Morgan fingerprint density at radius 1 is 0.970 bits per heavy atom. The molecule has 4 heterocycles. The Morgan fingerprint density at radius 3 is 2.48 bits per heavy atom. The maximum Gasteiger partial charge on any atom is 0.227 e. The molecule has 3 saturated heterocycles. The molecule has 5 rings (SSSR count). The second kappa shape index (κ2) is 10.6. The average Bonchev–Trinajstić information content (AvgIpc) is 3.57.